The highest BCUT2D eigenvalue weighted by atomic mass is 14.8. The lowest BCUT2D eigenvalue weighted by Crippen LogP contribution is -2.42. The van der Waals surface area contributed by atoms with Crippen LogP contribution < -0.4 is 5.73 Å². The fourth-order valence-electron chi connectivity index (χ4n) is 1.96. The summed E-state index contributed by atoms with van der Waals surface area (Å²) in [5.41, 5.74) is 7.45. The summed E-state index contributed by atoms with van der Waals surface area (Å²) in [6.45, 7) is 8.19. The van der Waals surface area contributed by atoms with E-state index in [4.69, 9.17) is 5.73 Å². The van der Waals surface area contributed by atoms with Crippen LogP contribution in [0.1, 0.15) is 32.3 Å². The van der Waals surface area contributed by atoms with E-state index in [2.05, 4.69) is 32.6 Å². The summed E-state index contributed by atoms with van der Waals surface area (Å²) in [5.74, 6) is 0.456. The quantitative estimate of drug-likeness (QED) is 0.729. The lowest BCUT2D eigenvalue weighted by atomic mass is 9.76. The van der Waals surface area contributed by atoms with Gasteiger partial charge < -0.3 is 5.73 Å². The van der Waals surface area contributed by atoms with Gasteiger partial charge in [0.25, 0.3) is 0 Å². The average Bonchev–Trinajstić information content (AvgIpc) is 2.29. The number of hydrogen-bond donors (Lipinski definition) is 1. The Hall–Kier alpha value is -1.08. The Bertz CT molecular complexity index is 304. The van der Waals surface area contributed by atoms with Crippen molar-refractivity contribution in [2.45, 2.75) is 32.2 Å². The van der Waals surface area contributed by atoms with E-state index in [9.17, 15) is 0 Å². The molecule has 0 aliphatic rings. The molecular formula is C14H21N. The summed E-state index contributed by atoms with van der Waals surface area (Å²) < 4.78 is 0. The van der Waals surface area contributed by atoms with Gasteiger partial charge in [-0.05, 0) is 17.9 Å². The average molecular weight is 203 g/mol. The van der Waals surface area contributed by atoms with E-state index < -0.39 is 0 Å². The van der Waals surface area contributed by atoms with Crippen LogP contribution in [-0.4, -0.2) is 0 Å². The number of rotatable bonds is 5. The Morgan fingerprint density at radius 1 is 1.40 bits per heavy atom. The van der Waals surface area contributed by atoms with E-state index in [0.29, 0.717) is 5.92 Å². The molecule has 15 heavy (non-hydrogen) atoms. The van der Waals surface area contributed by atoms with Crippen molar-refractivity contribution in [3.63, 3.8) is 0 Å². The Morgan fingerprint density at radius 2 is 2.00 bits per heavy atom. The highest BCUT2D eigenvalue weighted by molar-refractivity contribution is 5.25. The molecule has 2 N–H and O–H groups in total. The number of hydrogen-bond acceptors (Lipinski definition) is 1. The molecular weight excluding hydrogens is 182 g/mol. The first kappa shape index (κ1) is 12.0. The molecule has 82 valence electrons. The molecule has 1 heteroatoms. The molecule has 0 heterocycles. The Kier molecular flexibility index (Phi) is 4.10. The van der Waals surface area contributed by atoms with Gasteiger partial charge in [0.15, 0.2) is 0 Å². The van der Waals surface area contributed by atoms with Gasteiger partial charge in [0.2, 0.25) is 0 Å². The van der Waals surface area contributed by atoms with Crippen LogP contribution in [0.3, 0.4) is 0 Å². The molecule has 0 bridgehead atoms. The Morgan fingerprint density at radius 3 is 2.47 bits per heavy atom. The third kappa shape index (κ3) is 2.48. The van der Waals surface area contributed by atoms with Crippen molar-refractivity contribution < 1.29 is 0 Å². The van der Waals surface area contributed by atoms with Crippen LogP contribution in [0.4, 0.5) is 0 Å². The lowest BCUT2D eigenvalue weighted by molar-refractivity contribution is 0.289. The molecule has 1 aromatic carbocycles. The molecule has 1 aromatic rings. The Labute approximate surface area is 93.0 Å². The van der Waals surface area contributed by atoms with Crippen LogP contribution in [-0.2, 0) is 5.54 Å². The van der Waals surface area contributed by atoms with Crippen LogP contribution in [0, 0.1) is 5.92 Å². The van der Waals surface area contributed by atoms with Crippen LogP contribution in [0.25, 0.3) is 0 Å². The first-order valence-corrected chi connectivity index (χ1v) is 5.60. The summed E-state index contributed by atoms with van der Waals surface area (Å²) in [7, 11) is 0. The van der Waals surface area contributed by atoms with E-state index in [0.717, 1.165) is 12.8 Å². The standard InChI is InChI=1S/C14H21N/c1-4-11-14(15,12(3)5-2)13-9-7-6-8-10-13/h4,6-10,12H,1,5,11,15H2,2-3H3. The summed E-state index contributed by atoms with van der Waals surface area (Å²) in [5, 5.41) is 0. The van der Waals surface area contributed by atoms with Crippen molar-refractivity contribution in [1.82, 2.24) is 0 Å². The van der Waals surface area contributed by atoms with Gasteiger partial charge in [0, 0.05) is 5.54 Å². The van der Waals surface area contributed by atoms with Crippen molar-refractivity contribution in [1.29, 1.82) is 0 Å². The molecule has 0 fully saturated rings. The molecule has 2 unspecified atom stereocenters. The van der Waals surface area contributed by atoms with Crippen LogP contribution >= 0.6 is 0 Å². The second-order valence-electron chi connectivity index (χ2n) is 4.21. The maximum absolute atomic E-state index is 6.51. The normalized spacial score (nSPS) is 16.7. The summed E-state index contributed by atoms with van der Waals surface area (Å²) >= 11 is 0. The largest absolute Gasteiger partial charge is 0.321 e. The maximum Gasteiger partial charge on any atom is 0.0470 e. The second kappa shape index (κ2) is 5.13. The first-order chi connectivity index (χ1) is 7.15. The van der Waals surface area contributed by atoms with Crippen molar-refractivity contribution in [3.05, 3.63) is 48.6 Å². The molecule has 0 aromatic heterocycles. The lowest BCUT2D eigenvalue weighted by Gasteiger charge is -2.35. The van der Waals surface area contributed by atoms with Gasteiger partial charge in [-0.1, -0.05) is 56.7 Å². The van der Waals surface area contributed by atoms with Crippen molar-refractivity contribution in [2.75, 3.05) is 0 Å². The SMILES string of the molecule is C=CCC(N)(c1ccccc1)C(C)CC. The van der Waals surface area contributed by atoms with Crippen molar-refractivity contribution in [2.24, 2.45) is 11.7 Å². The molecule has 0 saturated carbocycles. The molecule has 2 atom stereocenters. The van der Waals surface area contributed by atoms with Crippen LogP contribution in [0.2, 0.25) is 0 Å². The molecule has 1 rings (SSSR count). The van der Waals surface area contributed by atoms with Crippen LogP contribution in [0.15, 0.2) is 43.0 Å². The van der Waals surface area contributed by atoms with Crippen LogP contribution in [0.5, 0.6) is 0 Å². The van der Waals surface area contributed by atoms with E-state index >= 15 is 0 Å². The third-order valence-electron chi connectivity index (χ3n) is 3.29. The van der Waals surface area contributed by atoms with Crippen molar-refractivity contribution >= 4 is 0 Å². The highest BCUT2D eigenvalue weighted by Gasteiger charge is 2.31. The summed E-state index contributed by atoms with van der Waals surface area (Å²) in [4.78, 5) is 0. The summed E-state index contributed by atoms with van der Waals surface area (Å²) in [6, 6.07) is 10.3. The fraction of sp³-hybridized carbons (Fsp3) is 0.429. The van der Waals surface area contributed by atoms with Gasteiger partial charge >= 0.3 is 0 Å². The van der Waals surface area contributed by atoms with Gasteiger partial charge in [-0.15, -0.1) is 6.58 Å². The molecule has 0 aliphatic heterocycles. The molecule has 0 spiro atoms. The Balaban J connectivity index is 3.06. The third-order valence-corrected chi connectivity index (χ3v) is 3.29. The van der Waals surface area contributed by atoms with E-state index in [-0.39, 0.29) is 5.54 Å². The molecule has 0 saturated heterocycles. The van der Waals surface area contributed by atoms with Gasteiger partial charge in [0.05, 0.1) is 0 Å². The molecule has 0 amide bonds. The maximum atomic E-state index is 6.51. The summed E-state index contributed by atoms with van der Waals surface area (Å²) in [6.07, 6.45) is 3.82. The van der Waals surface area contributed by atoms with Gasteiger partial charge in [-0.25, -0.2) is 0 Å². The predicted molar refractivity (Wildman–Crippen MR) is 66.6 cm³/mol. The minimum atomic E-state index is -0.266. The second-order valence-corrected chi connectivity index (χ2v) is 4.21. The monoisotopic (exact) mass is 203 g/mol. The van der Waals surface area contributed by atoms with Gasteiger partial charge in [-0.3, -0.25) is 0 Å². The predicted octanol–water partition coefficient (Wildman–Crippen LogP) is 3.46. The van der Waals surface area contributed by atoms with E-state index in [1.165, 1.54) is 5.56 Å². The molecule has 0 radical (unpaired) electrons. The molecule has 1 nitrogen and oxygen atoms in total. The fourth-order valence-corrected chi connectivity index (χ4v) is 1.96. The highest BCUT2D eigenvalue weighted by Crippen LogP contribution is 2.32. The van der Waals surface area contributed by atoms with E-state index in [1.54, 1.807) is 0 Å². The van der Waals surface area contributed by atoms with Crippen molar-refractivity contribution in [3.8, 4) is 0 Å². The zero-order valence-electron chi connectivity index (χ0n) is 9.74. The van der Waals surface area contributed by atoms with Gasteiger partial charge in [0.1, 0.15) is 0 Å². The molecule has 0 aliphatic carbocycles. The van der Waals surface area contributed by atoms with Gasteiger partial charge in [-0.2, -0.15) is 0 Å². The first-order valence-electron chi connectivity index (χ1n) is 5.60. The topological polar surface area (TPSA) is 26.0 Å². The smallest absolute Gasteiger partial charge is 0.0470 e. The van der Waals surface area contributed by atoms with E-state index in [1.807, 2.05) is 24.3 Å². The number of nitrogens with two attached hydrogens (primary N) is 1. The number of benzene rings is 1. The minimum Gasteiger partial charge on any atom is -0.321 e. The minimum absolute atomic E-state index is 0.266. The zero-order valence-corrected chi connectivity index (χ0v) is 9.74. The zero-order chi connectivity index (χ0) is 11.3.